The fourth-order valence-corrected chi connectivity index (χ4v) is 2.13. The van der Waals surface area contributed by atoms with Gasteiger partial charge in [-0.3, -0.25) is 4.79 Å². The zero-order valence-electron chi connectivity index (χ0n) is 11.1. The van der Waals surface area contributed by atoms with Crippen LogP contribution in [0.25, 0.3) is 0 Å². The number of carbonyl (C=O) groups excluding carboxylic acids is 1. The van der Waals surface area contributed by atoms with Gasteiger partial charge in [0.05, 0.1) is 6.21 Å². The highest BCUT2D eigenvalue weighted by molar-refractivity contribution is 9.10. The lowest BCUT2D eigenvalue weighted by Crippen LogP contribution is -2.17. The molecule has 1 amide bonds. The number of nitrogens with one attached hydrogen (secondary N) is 1. The second-order valence-electron chi connectivity index (χ2n) is 4.30. The molecule has 1 N–H and O–H groups in total. The molecule has 2 aromatic carbocycles. The minimum atomic E-state index is -0.209. The van der Waals surface area contributed by atoms with E-state index in [-0.39, 0.29) is 5.91 Å². The van der Waals surface area contributed by atoms with E-state index in [0.29, 0.717) is 5.56 Å². The summed E-state index contributed by atoms with van der Waals surface area (Å²) < 4.78 is 0.975. The van der Waals surface area contributed by atoms with Crippen LogP contribution in [0.4, 0.5) is 0 Å². The van der Waals surface area contributed by atoms with Crippen LogP contribution in [0.15, 0.2) is 58.1 Å². The number of nitrogens with zero attached hydrogens (tertiary/aromatic N) is 1. The number of hydrogen-bond donors (Lipinski definition) is 1. The first-order valence-electron chi connectivity index (χ1n) is 6.37. The van der Waals surface area contributed by atoms with E-state index in [1.54, 1.807) is 6.21 Å². The molecule has 0 aliphatic rings. The van der Waals surface area contributed by atoms with Crippen molar-refractivity contribution >= 4 is 28.1 Å². The van der Waals surface area contributed by atoms with Crippen LogP contribution >= 0.6 is 15.9 Å². The molecular formula is C16H15BrN2O. The van der Waals surface area contributed by atoms with Crippen molar-refractivity contribution in [2.24, 2.45) is 5.10 Å². The molecule has 0 unspecified atom stereocenters. The Morgan fingerprint density at radius 3 is 2.65 bits per heavy atom. The Morgan fingerprint density at radius 2 is 2.00 bits per heavy atom. The molecule has 0 saturated heterocycles. The van der Waals surface area contributed by atoms with Gasteiger partial charge < -0.3 is 0 Å². The van der Waals surface area contributed by atoms with E-state index in [2.05, 4.69) is 33.4 Å². The van der Waals surface area contributed by atoms with Crippen molar-refractivity contribution in [2.75, 3.05) is 0 Å². The molecule has 2 rings (SSSR count). The third kappa shape index (κ3) is 4.03. The molecule has 0 bridgehead atoms. The normalized spacial score (nSPS) is 10.7. The minimum absolute atomic E-state index is 0.209. The number of rotatable bonds is 4. The molecule has 0 fully saturated rings. The van der Waals surface area contributed by atoms with Gasteiger partial charge in [-0.25, -0.2) is 5.43 Å². The Morgan fingerprint density at radius 1 is 1.25 bits per heavy atom. The molecule has 4 heteroatoms. The van der Waals surface area contributed by atoms with Gasteiger partial charge in [-0.05, 0) is 41.8 Å². The monoisotopic (exact) mass is 330 g/mol. The lowest BCUT2D eigenvalue weighted by Gasteiger charge is -2.01. The SMILES string of the molecule is CCc1ccc(C(=O)N/N=C\c2cccc(Br)c2)cc1. The van der Waals surface area contributed by atoms with Crippen LogP contribution in [0, 0.1) is 0 Å². The maximum Gasteiger partial charge on any atom is 0.271 e. The molecule has 2 aromatic rings. The zero-order chi connectivity index (χ0) is 14.4. The third-order valence-electron chi connectivity index (χ3n) is 2.85. The average molecular weight is 331 g/mol. The first-order valence-corrected chi connectivity index (χ1v) is 7.16. The molecule has 3 nitrogen and oxygen atoms in total. The maximum atomic E-state index is 11.9. The van der Waals surface area contributed by atoms with Gasteiger partial charge in [0.25, 0.3) is 5.91 Å². The van der Waals surface area contributed by atoms with Crippen LogP contribution in [0.3, 0.4) is 0 Å². The van der Waals surface area contributed by atoms with Gasteiger partial charge in [0.1, 0.15) is 0 Å². The molecule has 0 atom stereocenters. The fraction of sp³-hybridized carbons (Fsp3) is 0.125. The van der Waals surface area contributed by atoms with E-state index >= 15 is 0 Å². The van der Waals surface area contributed by atoms with E-state index in [9.17, 15) is 4.79 Å². The van der Waals surface area contributed by atoms with Crippen molar-refractivity contribution in [2.45, 2.75) is 13.3 Å². The Labute approximate surface area is 126 Å². The molecule has 0 radical (unpaired) electrons. The van der Waals surface area contributed by atoms with Crippen molar-refractivity contribution in [3.8, 4) is 0 Å². The van der Waals surface area contributed by atoms with Crippen molar-refractivity contribution in [3.63, 3.8) is 0 Å². The summed E-state index contributed by atoms with van der Waals surface area (Å²) in [6.45, 7) is 2.08. The molecule has 0 aromatic heterocycles. The van der Waals surface area contributed by atoms with Crippen LogP contribution in [-0.4, -0.2) is 12.1 Å². The summed E-state index contributed by atoms with van der Waals surface area (Å²) in [5, 5.41) is 3.96. The van der Waals surface area contributed by atoms with Gasteiger partial charge in [0, 0.05) is 10.0 Å². The Kier molecular flexibility index (Phi) is 5.07. The van der Waals surface area contributed by atoms with Crippen LogP contribution < -0.4 is 5.43 Å². The van der Waals surface area contributed by atoms with Gasteiger partial charge in [-0.15, -0.1) is 0 Å². The van der Waals surface area contributed by atoms with Crippen LogP contribution in [0.2, 0.25) is 0 Å². The van der Waals surface area contributed by atoms with Crippen LogP contribution in [-0.2, 0) is 6.42 Å². The summed E-state index contributed by atoms with van der Waals surface area (Å²) >= 11 is 3.38. The molecule has 102 valence electrons. The Balaban J connectivity index is 1.97. The lowest BCUT2D eigenvalue weighted by molar-refractivity contribution is 0.0955. The van der Waals surface area contributed by atoms with E-state index in [4.69, 9.17) is 0 Å². The molecular weight excluding hydrogens is 316 g/mol. The number of amides is 1. The second-order valence-corrected chi connectivity index (χ2v) is 5.22. The highest BCUT2D eigenvalue weighted by Crippen LogP contribution is 2.10. The minimum Gasteiger partial charge on any atom is -0.267 e. The summed E-state index contributed by atoms with van der Waals surface area (Å²) in [7, 11) is 0. The first-order chi connectivity index (χ1) is 9.69. The summed E-state index contributed by atoms with van der Waals surface area (Å²) in [5.74, 6) is -0.209. The summed E-state index contributed by atoms with van der Waals surface area (Å²) in [6, 6.07) is 15.2. The maximum absolute atomic E-state index is 11.9. The van der Waals surface area contributed by atoms with Crippen molar-refractivity contribution in [1.29, 1.82) is 0 Å². The molecule has 0 aliphatic heterocycles. The number of hydrazone groups is 1. The smallest absolute Gasteiger partial charge is 0.267 e. The molecule has 0 spiro atoms. The molecule has 0 saturated carbocycles. The number of benzene rings is 2. The van der Waals surface area contributed by atoms with Gasteiger partial charge in [0.2, 0.25) is 0 Å². The summed E-state index contributed by atoms with van der Waals surface area (Å²) in [5.41, 5.74) is 5.25. The highest BCUT2D eigenvalue weighted by atomic mass is 79.9. The zero-order valence-corrected chi connectivity index (χ0v) is 12.7. The Hall–Kier alpha value is -1.94. The first kappa shape index (κ1) is 14.5. The summed E-state index contributed by atoms with van der Waals surface area (Å²) in [4.78, 5) is 11.9. The average Bonchev–Trinajstić information content (AvgIpc) is 2.47. The van der Waals surface area contributed by atoms with Crippen LogP contribution in [0.1, 0.15) is 28.4 Å². The van der Waals surface area contributed by atoms with Gasteiger partial charge in [-0.2, -0.15) is 5.10 Å². The second kappa shape index (κ2) is 7.01. The number of carbonyl (C=O) groups is 1. The largest absolute Gasteiger partial charge is 0.271 e. The third-order valence-corrected chi connectivity index (χ3v) is 3.35. The fourth-order valence-electron chi connectivity index (χ4n) is 1.71. The van der Waals surface area contributed by atoms with Crippen molar-refractivity contribution in [3.05, 3.63) is 69.7 Å². The predicted molar refractivity (Wildman–Crippen MR) is 85.0 cm³/mol. The Bertz CT molecular complexity index is 621. The quantitative estimate of drug-likeness (QED) is 0.672. The number of hydrogen-bond acceptors (Lipinski definition) is 2. The van der Waals surface area contributed by atoms with E-state index in [1.807, 2.05) is 48.5 Å². The molecule has 20 heavy (non-hydrogen) atoms. The number of halogens is 1. The van der Waals surface area contributed by atoms with E-state index in [1.165, 1.54) is 5.56 Å². The van der Waals surface area contributed by atoms with Crippen molar-refractivity contribution in [1.82, 2.24) is 5.43 Å². The molecule has 0 aliphatic carbocycles. The summed E-state index contributed by atoms with van der Waals surface area (Å²) in [6.07, 6.45) is 2.58. The van der Waals surface area contributed by atoms with E-state index < -0.39 is 0 Å². The van der Waals surface area contributed by atoms with Gasteiger partial charge >= 0.3 is 0 Å². The van der Waals surface area contributed by atoms with E-state index in [0.717, 1.165) is 16.5 Å². The topological polar surface area (TPSA) is 41.5 Å². The highest BCUT2D eigenvalue weighted by Gasteiger charge is 2.03. The standard InChI is InChI=1S/C16H15BrN2O/c1-2-12-6-8-14(9-7-12)16(20)19-18-11-13-4-3-5-15(17)10-13/h3-11H,2H2,1H3,(H,19,20)/b18-11-. The van der Waals surface area contributed by atoms with Gasteiger partial charge in [0.15, 0.2) is 0 Å². The number of aryl methyl sites for hydroxylation is 1. The van der Waals surface area contributed by atoms with Crippen molar-refractivity contribution < 1.29 is 4.79 Å². The van der Waals surface area contributed by atoms with Gasteiger partial charge in [-0.1, -0.05) is 47.1 Å². The predicted octanol–water partition coefficient (Wildman–Crippen LogP) is 3.78. The van der Waals surface area contributed by atoms with Crippen LogP contribution in [0.5, 0.6) is 0 Å². The lowest BCUT2D eigenvalue weighted by atomic mass is 10.1. The molecule has 0 heterocycles.